The number of para-hydroxylation sites is 1. The molecular weight excluding hydrogens is 544 g/mol. The molecule has 0 N–H and O–H groups in total. The molecule has 1 atom stereocenters. The van der Waals surface area contributed by atoms with Crippen LogP contribution in [0.4, 0.5) is 0 Å². The molecule has 0 amide bonds. The summed E-state index contributed by atoms with van der Waals surface area (Å²) in [4.78, 5) is 0. The van der Waals surface area contributed by atoms with Gasteiger partial charge in [0, 0.05) is 16.5 Å². The maximum Gasteiger partial charge on any atom is 0.132 e. The Bertz CT molecular complexity index is 2390. The van der Waals surface area contributed by atoms with Crippen molar-refractivity contribution in [1.82, 2.24) is 0 Å². The highest BCUT2D eigenvalue weighted by atomic mass is 16.5. The fourth-order valence-corrected chi connectivity index (χ4v) is 8.82. The van der Waals surface area contributed by atoms with Crippen molar-refractivity contribution in [2.45, 2.75) is 24.7 Å². The molecule has 0 saturated carbocycles. The summed E-state index contributed by atoms with van der Waals surface area (Å²) in [6.07, 6.45) is 0. The van der Waals surface area contributed by atoms with Crippen LogP contribution in [0.5, 0.6) is 11.5 Å². The van der Waals surface area contributed by atoms with E-state index in [-0.39, 0.29) is 10.8 Å². The summed E-state index contributed by atoms with van der Waals surface area (Å²) in [5.74, 6) is 1.89. The van der Waals surface area contributed by atoms with Gasteiger partial charge < -0.3 is 4.74 Å². The second-order valence-electron chi connectivity index (χ2n) is 13.2. The molecule has 0 fully saturated rings. The molecule has 1 aliphatic heterocycles. The average Bonchev–Trinajstić information content (AvgIpc) is 3.53. The van der Waals surface area contributed by atoms with Crippen molar-refractivity contribution >= 4 is 10.8 Å². The summed E-state index contributed by atoms with van der Waals surface area (Å²) < 4.78 is 6.51. The summed E-state index contributed by atoms with van der Waals surface area (Å²) in [5.41, 5.74) is 15.1. The minimum absolute atomic E-state index is 0.205. The molecule has 1 nitrogen and oxygen atoms in total. The number of hydrogen-bond donors (Lipinski definition) is 0. The Hall–Kier alpha value is -5.40. The van der Waals surface area contributed by atoms with Crippen molar-refractivity contribution in [3.8, 4) is 44.9 Å². The van der Waals surface area contributed by atoms with Gasteiger partial charge in [-0.25, -0.2) is 0 Å². The quantitative estimate of drug-likeness (QED) is 0.189. The van der Waals surface area contributed by atoms with E-state index in [4.69, 9.17) is 4.74 Å². The Labute approximate surface area is 263 Å². The van der Waals surface area contributed by atoms with Gasteiger partial charge in [0.25, 0.3) is 0 Å². The molecule has 0 aromatic heterocycles. The van der Waals surface area contributed by atoms with Crippen molar-refractivity contribution in [3.63, 3.8) is 0 Å². The van der Waals surface area contributed by atoms with Crippen LogP contribution in [0.15, 0.2) is 146 Å². The topological polar surface area (TPSA) is 9.23 Å². The Morgan fingerprint density at radius 3 is 1.71 bits per heavy atom. The van der Waals surface area contributed by atoms with E-state index in [1.54, 1.807) is 0 Å². The van der Waals surface area contributed by atoms with Crippen LogP contribution in [0.25, 0.3) is 44.2 Å². The summed E-state index contributed by atoms with van der Waals surface area (Å²) in [7, 11) is 0. The van der Waals surface area contributed by atoms with E-state index in [9.17, 15) is 0 Å². The first kappa shape index (κ1) is 25.0. The first-order valence-corrected chi connectivity index (χ1v) is 15.9. The lowest BCUT2D eigenvalue weighted by molar-refractivity contribution is 0.419. The number of benzene rings is 7. The first-order chi connectivity index (χ1) is 22.1. The molecule has 3 aliphatic rings. The third-order valence-corrected chi connectivity index (χ3v) is 10.7. The van der Waals surface area contributed by atoms with Crippen molar-refractivity contribution < 1.29 is 4.74 Å². The van der Waals surface area contributed by atoms with Crippen LogP contribution in [-0.4, -0.2) is 0 Å². The highest BCUT2D eigenvalue weighted by Crippen LogP contribution is 2.63. The molecule has 1 heterocycles. The zero-order valence-electron chi connectivity index (χ0n) is 25.3. The van der Waals surface area contributed by atoms with Crippen LogP contribution < -0.4 is 4.74 Å². The Morgan fingerprint density at radius 2 is 0.956 bits per heavy atom. The molecule has 1 unspecified atom stereocenters. The molecule has 1 heteroatoms. The molecule has 7 aromatic carbocycles. The molecule has 45 heavy (non-hydrogen) atoms. The van der Waals surface area contributed by atoms with Crippen LogP contribution in [-0.2, 0) is 10.8 Å². The largest absolute Gasteiger partial charge is 0.457 e. The lowest BCUT2D eigenvalue weighted by atomic mass is 9.70. The third kappa shape index (κ3) is 3.08. The van der Waals surface area contributed by atoms with E-state index in [0.717, 1.165) is 11.5 Å². The Morgan fingerprint density at radius 1 is 0.400 bits per heavy atom. The number of rotatable bonds is 1. The number of ether oxygens (including phenoxy) is 1. The molecule has 0 bridgehead atoms. The van der Waals surface area contributed by atoms with Crippen LogP contribution >= 0.6 is 0 Å². The van der Waals surface area contributed by atoms with Crippen LogP contribution in [0.2, 0.25) is 0 Å². The van der Waals surface area contributed by atoms with Crippen LogP contribution in [0, 0.1) is 0 Å². The molecule has 0 saturated heterocycles. The van der Waals surface area contributed by atoms with Gasteiger partial charge in [-0.1, -0.05) is 129 Å². The average molecular weight is 575 g/mol. The highest BCUT2D eigenvalue weighted by Gasteiger charge is 2.51. The van der Waals surface area contributed by atoms with Gasteiger partial charge in [0.15, 0.2) is 0 Å². The minimum atomic E-state index is -0.363. The molecule has 0 radical (unpaired) electrons. The van der Waals surface area contributed by atoms with E-state index >= 15 is 0 Å². The Kier molecular flexibility index (Phi) is 4.78. The van der Waals surface area contributed by atoms with Gasteiger partial charge in [-0.05, 0) is 96.7 Å². The van der Waals surface area contributed by atoms with Crippen molar-refractivity contribution in [2.75, 3.05) is 0 Å². The lowest BCUT2D eigenvalue weighted by Crippen LogP contribution is -2.26. The van der Waals surface area contributed by atoms with Crippen molar-refractivity contribution in [3.05, 3.63) is 179 Å². The number of hydrogen-bond acceptors (Lipinski definition) is 1. The number of fused-ring (bicyclic) bond motifs is 13. The zero-order chi connectivity index (χ0) is 29.9. The van der Waals surface area contributed by atoms with Gasteiger partial charge in [0.2, 0.25) is 0 Å². The van der Waals surface area contributed by atoms with Gasteiger partial charge >= 0.3 is 0 Å². The monoisotopic (exact) mass is 574 g/mol. The van der Waals surface area contributed by atoms with Gasteiger partial charge in [0.1, 0.15) is 11.5 Å². The molecule has 2 aliphatic carbocycles. The summed E-state index contributed by atoms with van der Waals surface area (Å²) in [6, 6.07) is 53.9. The zero-order valence-corrected chi connectivity index (χ0v) is 25.3. The SMILES string of the molecule is CC1(C)c2ccccc2Oc2cccc(-c3ccc4c(c3)-c3ccccc3C43c4ccccc4-c4cc5ccccc5cc43)c21. The van der Waals surface area contributed by atoms with Crippen LogP contribution in [0.1, 0.15) is 47.2 Å². The van der Waals surface area contributed by atoms with E-state index in [2.05, 4.69) is 159 Å². The standard InChI is InChI=1S/C44H30O/c1-43(2)38-19-9-10-20-40(38)45-41-21-11-16-30(42(41)43)29-22-23-37-33(25-29)31-14-5-7-17-35(31)44(37)36-18-8-6-15-32(36)34-24-27-12-3-4-13-28(27)26-39(34)44/h3-26H,1-2H3. The van der Waals surface area contributed by atoms with E-state index in [1.807, 2.05) is 0 Å². The predicted molar refractivity (Wildman–Crippen MR) is 184 cm³/mol. The maximum atomic E-state index is 6.51. The molecule has 7 aromatic rings. The second kappa shape index (κ2) is 8.61. The smallest absolute Gasteiger partial charge is 0.132 e. The summed E-state index contributed by atoms with van der Waals surface area (Å²) >= 11 is 0. The maximum absolute atomic E-state index is 6.51. The predicted octanol–water partition coefficient (Wildman–Crippen LogP) is 11.3. The normalized spacial score (nSPS) is 17.6. The summed E-state index contributed by atoms with van der Waals surface area (Å²) in [6.45, 7) is 4.65. The fourth-order valence-electron chi connectivity index (χ4n) is 8.82. The van der Waals surface area contributed by atoms with E-state index in [0.29, 0.717) is 0 Å². The fraction of sp³-hybridized carbons (Fsp3) is 0.0909. The van der Waals surface area contributed by atoms with Gasteiger partial charge in [-0.3, -0.25) is 0 Å². The van der Waals surface area contributed by atoms with Crippen molar-refractivity contribution in [2.24, 2.45) is 0 Å². The van der Waals surface area contributed by atoms with Gasteiger partial charge in [-0.15, -0.1) is 0 Å². The molecule has 1 spiro atoms. The third-order valence-electron chi connectivity index (χ3n) is 10.7. The minimum Gasteiger partial charge on any atom is -0.457 e. The van der Waals surface area contributed by atoms with Gasteiger partial charge in [0.05, 0.1) is 5.41 Å². The van der Waals surface area contributed by atoms with E-state index in [1.165, 1.54) is 77.5 Å². The highest BCUT2D eigenvalue weighted by molar-refractivity contribution is 6.00. The lowest BCUT2D eigenvalue weighted by Gasteiger charge is -2.36. The van der Waals surface area contributed by atoms with Crippen LogP contribution in [0.3, 0.4) is 0 Å². The summed E-state index contributed by atoms with van der Waals surface area (Å²) in [5, 5.41) is 2.56. The molecular formula is C44H30O. The van der Waals surface area contributed by atoms with E-state index < -0.39 is 0 Å². The second-order valence-corrected chi connectivity index (χ2v) is 13.2. The van der Waals surface area contributed by atoms with Crippen molar-refractivity contribution in [1.29, 1.82) is 0 Å². The first-order valence-electron chi connectivity index (χ1n) is 15.9. The Balaban J connectivity index is 1.25. The molecule has 10 rings (SSSR count). The van der Waals surface area contributed by atoms with Gasteiger partial charge in [-0.2, -0.15) is 0 Å². The molecule has 212 valence electrons.